The lowest BCUT2D eigenvalue weighted by atomic mass is 9.91. The van der Waals surface area contributed by atoms with Crippen molar-refractivity contribution in [3.05, 3.63) is 75.8 Å². The highest BCUT2D eigenvalue weighted by Crippen LogP contribution is 2.22. The Morgan fingerprint density at radius 2 is 2.27 bits per heavy atom. The molecule has 1 unspecified atom stereocenters. The molecule has 0 bridgehead atoms. The second kappa shape index (κ2) is 12.0. The molecule has 0 radical (unpaired) electrons. The Kier molecular flexibility index (Phi) is 9.14. The summed E-state index contributed by atoms with van der Waals surface area (Å²) in [4.78, 5) is 24.6. The Morgan fingerprint density at radius 1 is 1.45 bits per heavy atom. The Morgan fingerprint density at radius 3 is 3.00 bits per heavy atom. The van der Waals surface area contributed by atoms with Gasteiger partial charge >= 0.3 is 0 Å². The van der Waals surface area contributed by atoms with E-state index < -0.39 is 0 Å². The molecule has 3 rings (SSSR count). The summed E-state index contributed by atoms with van der Waals surface area (Å²) < 4.78 is 12.8. The summed E-state index contributed by atoms with van der Waals surface area (Å²) in [6.07, 6.45) is 8.69. The van der Waals surface area contributed by atoms with E-state index in [2.05, 4.69) is 36.1 Å². The molecule has 0 amide bonds. The summed E-state index contributed by atoms with van der Waals surface area (Å²) >= 11 is 4.21. The normalized spacial score (nSPS) is 15.9. The van der Waals surface area contributed by atoms with Crippen LogP contribution in [0.15, 0.2) is 47.6 Å². The number of pyridine rings is 1. The van der Waals surface area contributed by atoms with Crippen molar-refractivity contribution in [1.29, 1.82) is 0 Å². The molecule has 0 fully saturated rings. The van der Waals surface area contributed by atoms with Crippen molar-refractivity contribution >= 4 is 12.6 Å². The van der Waals surface area contributed by atoms with Gasteiger partial charge in [0.25, 0.3) is 5.56 Å². The van der Waals surface area contributed by atoms with Gasteiger partial charge in [0.1, 0.15) is 18.2 Å². The average Bonchev–Trinajstić information content (AvgIpc) is 2.83. The van der Waals surface area contributed by atoms with E-state index in [4.69, 9.17) is 14.5 Å². The second-order valence-corrected chi connectivity index (χ2v) is 8.68. The lowest BCUT2D eigenvalue weighted by Crippen LogP contribution is -2.41. The van der Waals surface area contributed by atoms with Crippen molar-refractivity contribution in [2.24, 2.45) is 0 Å². The molecule has 7 nitrogen and oxygen atoms in total. The smallest absolute Gasteiger partial charge is 0.257 e. The first-order valence-electron chi connectivity index (χ1n) is 11.3. The first-order chi connectivity index (χ1) is 16.0. The van der Waals surface area contributed by atoms with Crippen LogP contribution in [0.2, 0.25) is 0 Å². The Bertz CT molecular complexity index is 1050. The van der Waals surface area contributed by atoms with Gasteiger partial charge in [-0.05, 0) is 69.2 Å². The number of hydrogen-bond donors (Lipinski definition) is 1. The molecule has 33 heavy (non-hydrogen) atoms. The topological polar surface area (TPSA) is 69.5 Å². The van der Waals surface area contributed by atoms with E-state index in [1.54, 1.807) is 23.9 Å². The number of ether oxygens (including phenoxy) is 2. The maximum absolute atomic E-state index is 13.3. The van der Waals surface area contributed by atoms with E-state index >= 15 is 0 Å². The lowest BCUT2D eigenvalue weighted by Gasteiger charge is -2.32. The van der Waals surface area contributed by atoms with Crippen molar-refractivity contribution in [1.82, 2.24) is 19.4 Å². The van der Waals surface area contributed by atoms with Crippen LogP contribution in [0.25, 0.3) is 0 Å². The van der Waals surface area contributed by atoms with Gasteiger partial charge in [-0.1, -0.05) is 6.58 Å². The zero-order valence-corrected chi connectivity index (χ0v) is 20.7. The largest absolute Gasteiger partial charge is 0.492 e. The van der Waals surface area contributed by atoms with Crippen molar-refractivity contribution in [3.63, 3.8) is 0 Å². The molecule has 2 heterocycles. The number of methoxy groups -OCH3 is 1. The van der Waals surface area contributed by atoms with Gasteiger partial charge in [0.2, 0.25) is 5.88 Å². The van der Waals surface area contributed by atoms with E-state index in [1.165, 1.54) is 0 Å². The molecule has 0 spiro atoms. The Balaban J connectivity index is 1.70. The van der Waals surface area contributed by atoms with Crippen LogP contribution >= 0.6 is 12.6 Å². The first-order valence-corrected chi connectivity index (χ1v) is 11.9. The van der Waals surface area contributed by atoms with Crippen LogP contribution in [-0.4, -0.2) is 52.0 Å². The molecule has 178 valence electrons. The quantitative estimate of drug-likeness (QED) is 0.309. The van der Waals surface area contributed by atoms with Crippen LogP contribution in [0.4, 0.5) is 0 Å². The fourth-order valence-electron chi connectivity index (χ4n) is 4.19. The predicted molar refractivity (Wildman–Crippen MR) is 134 cm³/mol. The van der Waals surface area contributed by atoms with Gasteiger partial charge in [0, 0.05) is 30.4 Å². The summed E-state index contributed by atoms with van der Waals surface area (Å²) in [6.45, 7) is 7.28. The number of hydrogen-bond acceptors (Lipinski definition) is 7. The molecule has 0 saturated heterocycles. The van der Waals surface area contributed by atoms with Crippen molar-refractivity contribution in [2.45, 2.75) is 51.7 Å². The van der Waals surface area contributed by atoms with Crippen LogP contribution in [0, 0.1) is 6.92 Å². The molecule has 1 aliphatic rings. The minimum atomic E-state index is 0.0456. The highest BCUT2D eigenvalue weighted by Gasteiger charge is 2.26. The number of allylic oxidation sites excluding steroid dienone is 2. The number of thiol groups is 1. The number of rotatable bonds is 11. The molecule has 1 aliphatic carbocycles. The minimum absolute atomic E-state index is 0.0456. The molecule has 0 aliphatic heterocycles. The second-order valence-electron chi connectivity index (χ2n) is 8.23. The van der Waals surface area contributed by atoms with Gasteiger partial charge in [-0.15, -0.1) is 0 Å². The fourth-order valence-corrected chi connectivity index (χ4v) is 4.32. The number of aromatic nitrogens is 3. The summed E-state index contributed by atoms with van der Waals surface area (Å²) in [5, 5.41) is 0. The third kappa shape index (κ3) is 6.48. The van der Waals surface area contributed by atoms with Gasteiger partial charge in [-0.3, -0.25) is 14.3 Å². The summed E-state index contributed by atoms with van der Waals surface area (Å²) in [7, 11) is 3.72. The maximum atomic E-state index is 13.3. The molecular formula is C25H34N4O3S. The highest BCUT2D eigenvalue weighted by atomic mass is 32.1. The van der Waals surface area contributed by atoms with E-state index in [0.717, 1.165) is 60.0 Å². The van der Waals surface area contributed by atoms with Gasteiger partial charge in [0.15, 0.2) is 0 Å². The monoisotopic (exact) mass is 470 g/mol. The van der Waals surface area contributed by atoms with Gasteiger partial charge in [-0.25, -0.2) is 9.97 Å². The number of aryl methyl sites for hydroxylation is 2. The number of nitrogens with zero attached hydrogens (tertiary/aromatic N) is 4. The molecule has 2 aromatic heterocycles. The summed E-state index contributed by atoms with van der Waals surface area (Å²) in [5.41, 5.74) is 2.94. The van der Waals surface area contributed by atoms with Crippen LogP contribution < -0.4 is 10.3 Å². The zero-order chi connectivity index (χ0) is 23.8. The summed E-state index contributed by atoms with van der Waals surface area (Å²) in [6, 6.07) is 4.22. The van der Waals surface area contributed by atoms with Gasteiger partial charge in [0.05, 0.1) is 19.3 Å². The molecule has 2 aromatic rings. The van der Waals surface area contributed by atoms with Crippen molar-refractivity contribution < 1.29 is 9.47 Å². The molecule has 0 saturated carbocycles. The van der Waals surface area contributed by atoms with E-state index in [0.29, 0.717) is 25.5 Å². The van der Waals surface area contributed by atoms with Crippen LogP contribution in [0.3, 0.4) is 0 Å². The number of fused-ring (bicyclic) bond motifs is 1. The first kappa shape index (κ1) is 25.1. The molecule has 0 aromatic carbocycles. The molecular weight excluding hydrogens is 436 g/mol. The van der Waals surface area contributed by atoms with Crippen LogP contribution in [0.5, 0.6) is 5.88 Å². The predicted octanol–water partition coefficient (Wildman–Crippen LogP) is 3.35. The zero-order valence-electron chi connectivity index (χ0n) is 19.8. The fraction of sp³-hybridized carbons (Fsp3) is 0.480. The number of likely N-dealkylation sites (N-methyl/N-ethyl adjacent to an activating group) is 1. The Labute approximate surface area is 201 Å². The van der Waals surface area contributed by atoms with E-state index in [9.17, 15) is 4.79 Å². The Hall–Kier alpha value is -2.58. The van der Waals surface area contributed by atoms with Crippen LogP contribution in [-0.2, 0) is 30.7 Å². The highest BCUT2D eigenvalue weighted by molar-refractivity contribution is 7.80. The SMILES string of the molecule is C=C/C(=C/CCS)OCCn1c(C)nc2c(c1=O)CC(N(C)Cc1ccnc(OC)c1)CC2. The standard InChI is InChI=1S/C25H34N4O3S/c1-5-21(7-6-14-33)32-13-12-29-18(2)27-23-9-8-20(16-22(23)25(29)30)28(3)17-19-10-11-26-24(15-19)31-4/h5,7,10-11,15,20,33H,1,6,8-9,12-14,16-17H2,2-4H3/b21-7-. The van der Waals surface area contributed by atoms with Gasteiger partial charge in [-0.2, -0.15) is 12.6 Å². The van der Waals surface area contributed by atoms with Crippen molar-refractivity contribution in [2.75, 3.05) is 26.5 Å². The molecule has 0 N–H and O–H groups in total. The van der Waals surface area contributed by atoms with Crippen molar-refractivity contribution in [3.8, 4) is 5.88 Å². The average molecular weight is 471 g/mol. The molecule has 8 heteroatoms. The lowest BCUT2D eigenvalue weighted by molar-refractivity contribution is 0.204. The van der Waals surface area contributed by atoms with Crippen LogP contribution in [0.1, 0.15) is 35.5 Å². The van der Waals surface area contributed by atoms with E-state index in [1.807, 2.05) is 25.1 Å². The third-order valence-corrected chi connectivity index (χ3v) is 6.27. The summed E-state index contributed by atoms with van der Waals surface area (Å²) in [5.74, 6) is 2.81. The minimum Gasteiger partial charge on any atom is -0.492 e. The van der Waals surface area contributed by atoms with Gasteiger partial charge < -0.3 is 9.47 Å². The molecule has 1 atom stereocenters. The maximum Gasteiger partial charge on any atom is 0.257 e. The van der Waals surface area contributed by atoms with E-state index in [-0.39, 0.29) is 11.6 Å². The third-order valence-electron chi connectivity index (χ3n) is 6.02.